The summed E-state index contributed by atoms with van der Waals surface area (Å²) in [7, 11) is 0. The second-order valence-corrected chi connectivity index (χ2v) is 6.54. The third-order valence-electron chi connectivity index (χ3n) is 4.12. The Labute approximate surface area is 161 Å². The molecule has 0 fully saturated rings. The first-order chi connectivity index (χ1) is 12.7. The van der Waals surface area contributed by atoms with Gasteiger partial charge in [0.25, 0.3) is 11.6 Å². The average Bonchev–Trinajstić information content (AvgIpc) is 2.62. The van der Waals surface area contributed by atoms with Crippen LogP contribution >= 0.6 is 11.6 Å². The highest BCUT2D eigenvalue weighted by Gasteiger charge is 2.18. The molecule has 0 aliphatic rings. The first-order valence-corrected chi connectivity index (χ1v) is 8.54. The summed E-state index contributed by atoms with van der Waals surface area (Å²) in [5.74, 6) is -1.32. The normalized spacial score (nSPS) is 11.6. The maximum Gasteiger partial charge on any atom is 0.338 e. The van der Waals surface area contributed by atoms with Crippen molar-refractivity contribution in [1.29, 1.82) is 0 Å². The summed E-state index contributed by atoms with van der Waals surface area (Å²) in [5, 5.41) is 13.5. The summed E-state index contributed by atoms with van der Waals surface area (Å²) in [6.45, 7) is 5.32. The van der Waals surface area contributed by atoms with Crippen LogP contribution in [0.2, 0.25) is 5.02 Å². The van der Waals surface area contributed by atoms with Gasteiger partial charge in [-0.1, -0.05) is 29.8 Å². The smallest absolute Gasteiger partial charge is 0.338 e. The fourth-order valence-electron chi connectivity index (χ4n) is 2.39. The molecule has 1 N–H and O–H groups in total. The number of nitro groups is 1. The molecule has 2 aromatic carbocycles. The molecule has 0 aliphatic heterocycles. The zero-order chi connectivity index (χ0) is 20.1. The topological polar surface area (TPSA) is 98.5 Å². The van der Waals surface area contributed by atoms with Gasteiger partial charge >= 0.3 is 5.97 Å². The average molecular weight is 391 g/mol. The maximum atomic E-state index is 12.0. The zero-order valence-electron chi connectivity index (χ0n) is 15.1. The van der Waals surface area contributed by atoms with Crippen LogP contribution in [0.25, 0.3) is 0 Å². The number of nitrogens with one attached hydrogen (secondary N) is 1. The van der Waals surface area contributed by atoms with Crippen LogP contribution in [0.4, 0.5) is 5.69 Å². The van der Waals surface area contributed by atoms with Gasteiger partial charge < -0.3 is 10.1 Å². The van der Waals surface area contributed by atoms with Crippen molar-refractivity contribution in [2.75, 3.05) is 6.61 Å². The third kappa shape index (κ3) is 5.27. The van der Waals surface area contributed by atoms with Gasteiger partial charge in [-0.05, 0) is 49.6 Å². The molecule has 142 valence electrons. The Morgan fingerprint density at radius 1 is 1.19 bits per heavy atom. The Kier molecular flexibility index (Phi) is 6.52. The second-order valence-electron chi connectivity index (χ2n) is 6.13. The lowest BCUT2D eigenvalue weighted by atomic mass is 10.0. The Balaban J connectivity index is 1.94. The summed E-state index contributed by atoms with van der Waals surface area (Å²) in [4.78, 5) is 34.2. The summed E-state index contributed by atoms with van der Waals surface area (Å²) < 4.78 is 4.93. The number of hydrogen-bond acceptors (Lipinski definition) is 5. The van der Waals surface area contributed by atoms with E-state index in [1.165, 1.54) is 12.1 Å². The molecule has 0 bridgehead atoms. The summed E-state index contributed by atoms with van der Waals surface area (Å²) in [6.07, 6.45) is 0. The first-order valence-electron chi connectivity index (χ1n) is 8.16. The maximum absolute atomic E-state index is 12.0. The molecule has 0 saturated heterocycles. The van der Waals surface area contributed by atoms with Gasteiger partial charge in [0.1, 0.15) is 5.02 Å². The predicted molar refractivity (Wildman–Crippen MR) is 101 cm³/mol. The number of benzene rings is 2. The summed E-state index contributed by atoms with van der Waals surface area (Å²) in [6, 6.07) is 9.17. The van der Waals surface area contributed by atoms with Crippen molar-refractivity contribution >= 4 is 29.2 Å². The lowest BCUT2D eigenvalue weighted by Crippen LogP contribution is -2.31. The van der Waals surface area contributed by atoms with E-state index in [4.69, 9.17) is 16.3 Å². The summed E-state index contributed by atoms with van der Waals surface area (Å²) >= 11 is 5.70. The molecule has 0 spiro atoms. The van der Waals surface area contributed by atoms with Crippen LogP contribution in [0.1, 0.15) is 40.0 Å². The van der Waals surface area contributed by atoms with E-state index in [1.54, 1.807) is 0 Å². The molecule has 1 unspecified atom stereocenters. The number of ether oxygens (including phenoxy) is 1. The summed E-state index contributed by atoms with van der Waals surface area (Å²) in [5.41, 5.74) is 2.75. The fourth-order valence-corrected chi connectivity index (χ4v) is 2.58. The van der Waals surface area contributed by atoms with Gasteiger partial charge in [-0.2, -0.15) is 0 Å². The Morgan fingerprint density at radius 3 is 2.52 bits per heavy atom. The number of hydrogen-bond donors (Lipinski definition) is 1. The van der Waals surface area contributed by atoms with Gasteiger partial charge in [-0.25, -0.2) is 4.79 Å². The third-order valence-corrected chi connectivity index (χ3v) is 4.44. The number of halogens is 1. The minimum Gasteiger partial charge on any atom is -0.452 e. The van der Waals surface area contributed by atoms with Gasteiger partial charge in [0.15, 0.2) is 6.61 Å². The standard InChI is InChI=1S/C19H19ClN2O5/c1-11-4-5-14(8-12(11)2)13(3)21-18(23)10-27-19(24)15-6-7-16(20)17(9-15)22(25)26/h4-9,13H,10H2,1-3H3,(H,21,23). The van der Waals surface area contributed by atoms with E-state index < -0.39 is 29.1 Å². The Morgan fingerprint density at radius 2 is 1.89 bits per heavy atom. The quantitative estimate of drug-likeness (QED) is 0.458. The predicted octanol–water partition coefficient (Wildman–Crippen LogP) is 3.90. The van der Waals surface area contributed by atoms with Crippen molar-refractivity contribution in [3.63, 3.8) is 0 Å². The van der Waals surface area contributed by atoms with E-state index in [9.17, 15) is 19.7 Å². The molecular formula is C19H19ClN2O5. The van der Waals surface area contributed by atoms with Crippen molar-refractivity contribution in [3.8, 4) is 0 Å². The van der Waals surface area contributed by atoms with Crippen LogP contribution in [0.15, 0.2) is 36.4 Å². The molecule has 0 saturated carbocycles. The zero-order valence-corrected chi connectivity index (χ0v) is 15.9. The Hall–Kier alpha value is -2.93. The van der Waals surface area contributed by atoms with Crippen molar-refractivity contribution in [1.82, 2.24) is 5.32 Å². The largest absolute Gasteiger partial charge is 0.452 e. The highest BCUT2D eigenvalue weighted by molar-refractivity contribution is 6.32. The van der Waals surface area contributed by atoms with E-state index in [2.05, 4.69) is 5.32 Å². The van der Waals surface area contributed by atoms with Crippen molar-refractivity contribution in [2.45, 2.75) is 26.8 Å². The van der Waals surface area contributed by atoms with Crippen molar-refractivity contribution in [2.24, 2.45) is 0 Å². The molecule has 2 rings (SSSR count). The molecule has 0 aliphatic carbocycles. The molecule has 0 aromatic heterocycles. The number of nitro benzene ring substituents is 1. The minimum absolute atomic E-state index is 0.0545. The Bertz CT molecular complexity index is 898. The fraction of sp³-hybridized carbons (Fsp3) is 0.263. The van der Waals surface area contributed by atoms with E-state index >= 15 is 0 Å². The molecule has 1 atom stereocenters. The first kappa shape index (κ1) is 20.4. The van der Waals surface area contributed by atoms with Crippen molar-refractivity contribution < 1.29 is 19.2 Å². The minimum atomic E-state index is -0.844. The van der Waals surface area contributed by atoms with Gasteiger partial charge in [0, 0.05) is 6.07 Å². The molecule has 27 heavy (non-hydrogen) atoms. The second kappa shape index (κ2) is 8.64. The molecule has 7 nitrogen and oxygen atoms in total. The SMILES string of the molecule is Cc1ccc(C(C)NC(=O)COC(=O)c2ccc(Cl)c([N+](=O)[O-])c2)cc1C. The van der Waals surface area contributed by atoms with Gasteiger partial charge in [-0.3, -0.25) is 14.9 Å². The number of carbonyl (C=O) groups is 2. The molecule has 0 radical (unpaired) electrons. The highest BCUT2D eigenvalue weighted by atomic mass is 35.5. The lowest BCUT2D eigenvalue weighted by Gasteiger charge is -2.15. The van der Waals surface area contributed by atoms with Crippen LogP contribution in [0.3, 0.4) is 0 Å². The van der Waals surface area contributed by atoms with Gasteiger partial charge in [-0.15, -0.1) is 0 Å². The van der Waals surface area contributed by atoms with E-state index in [1.807, 2.05) is 39.0 Å². The van der Waals surface area contributed by atoms with E-state index in [0.29, 0.717) is 0 Å². The van der Waals surface area contributed by atoms with Crippen LogP contribution < -0.4 is 5.32 Å². The molecule has 1 amide bonds. The number of carbonyl (C=O) groups excluding carboxylic acids is 2. The monoisotopic (exact) mass is 390 g/mol. The number of esters is 1. The highest BCUT2D eigenvalue weighted by Crippen LogP contribution is 2.25. The molecule has 2 aromatic rings. The molecular weight excluding hydrogens is 372 g/mol. The van der Waals surface area contributed by atoms with Crippen molar-refractivity contribution in [3.05, 3.63) is 73.8 Å². The van der Waals surface area contributed by atoms with Crippen LogP contribution in [0.5, 0.6) is 0 Å². The number of aryl methyl sites for hydroxylation is 2. The number of rotatable bonds is 6. The van der Waals surface area contributed by atoms with Crippen LogP contribution in [-0.2, 0) is 9.53 Å². The number of amides is 1. The number of nitrogens with zero attached hydrogens (tertiary/aromatic N) is 1. The van der Waals surface area contributed by atoms with Crippen LogP contribution in [-0.4, -0.2) is 23.4 Å². The van der Waals surface area contributed by atoms with E-state index in [-0.39, 0.29) is 16.6 Å². The molecule has 8 heteroatoms. The van der Waals surface area contributed by atoms with E-state index in [0.717, 1.165) is 22.8 Å². The van der Waals surface area contributed by atoms with Gasteiger partial charge in [0.2, 0.25) is 0 Å². The van der Waals surface area contributed by atoms with Gasteiger partial charge in [0.05, 0.1) is 16.5 Å². The van der Waals surface area contributed by atoms with Crippen LogP contribution in [0, 0.1) is 24.0 Å². The molecule has 0 heterocycles. The lowest BCUT2D eigenvalue weighted by molar-refractivity contribution is -0.384.